The maximum absolute atomic E-state index is 9.97. The Kier molecular flexibility index (Phi) is 13.5. The molecule has 0 aliphatic rings. The van der Waals surface area contributed by atoms with Crippen LogP contribution in [0.4, 0.5) is 0 Å². The van der Waals surface area contributed by atoms with Gasteiger partial charge in [-0.1, -0.05) is 67.5 Å². The summed E-state index contributed by atoms with van der Waals surface area (Å²) in [5, 5.41) is 10.1. The molecule has 0 aromatic carbocycles. The zero-order chi connectivity index (χ0) is 25.3. The highest BCUT2D eigenvalue weighted by Crippen LogP contribution is 2.39. The van der Waals surface area contributed by atoms with E-state index in [1.54, 1.807) is 7.11 Å². The lowest BCUT2D eigenvalue weighted by Crippen LogP contribution is -2.49. The summed E-state index contributed by atoms with van der Waals surface area (Å²) < 4.78 is 19.5. The Bertz CT molecular complexity index is 571. The molecule has 0 rings (SSSR count). The quantitative estimate of drug-likeness (QED) is 0.197. The minimum Gasteiger partial charge on any atom is -0.410 e. The molecule has 4 nitrogen and oxygen atoms in total. The SMILES string of the molecule is C=C[C@H](OC)[C@@H](O[Si](C)(C)C(C)(C)C)C(C)/C=C(/C)[C@H](O[Si](CC)(CC)CC)C(C)CO. The second-order valence-electron chi connectivity index (χ2n) is 11.0. The molecule has 0 aliphatic heterocycles. The Morgan fingerprint density at radius 1 is 1.03 bits per heavy atom. The molecule has 0 fully saturated rings. The van der Waals surface area contributed by atoms with Crippen molar-refractivity contribution in [3.05, 3.63) is 24.3 Å². The predicted octanol–water partition coefficient (Wildman–Crippen LogP) is 7.18. The molecule has 0 saturated heterocycles. The number of rotatable bonds is 15. The highest BCUT2D eigenvalue weighted by molar-refractivity contribution is 6.74. The van der Waals surface area contributed by atoms with Gasteiger partial charge in [-0.15, -0.1) is 6.58 Å². The highest BCUT2D eigenvalue weighted by atomic mass is 28.4. The summed E-state index contributed by atoms with van der Waals surface area (Å²) in [5.74, 6) is 0.164. The second-order valence-corrected chi connectivity index (χ2v) is 20.5. The molecule has 0 bridgehead atoms. The van der Waals surface area contributed by atoms with Gasteiger partial charge in [-0.3, -0.25) is 0 Å². The van der Waals surface area contributed by atoms with Crippen LogP contribution in [0.15, 0.2) is 24.3 Å². The van der Waals surface area contributed by atoms with Crippen LogP contribution in [0.25, 0.3) is 0 Å². The first-order valence-electron chi connectivity index (χ1n) is 12.5. The third-order valence-corrected chi connectivity index (χ3v) is 16.8. The lowest BCUT2D eigenvalue weighted by Gasteiger charge is -2.42. The molecule has 2 unspecified atom stereocenters. The van der Waals surface area contributed by atoms with E-state index in [4.69, 9.17) is 13.6 Å². The van der Waals surface area contributed by atoms with Crippen molar-refractivity contribution < 1.29 is 18.7 Å². The summed E-state index contributed by atoms with van der Waals surface area (Å²) >= 11 is 0. The average Bonchev–Trinajstić information content (AvgIpc) is 2.73. The maximum atomic E-state index is 9.97. The molecule has 1 N–H and O–H groups in total. The Labute approximate surface area is 202 Å². The van der Waals surface area contributed by atoms with Gasteiger partial charge in [0.15, 0.2) is 16.6 Å². The number of aliphatic hydroxyl groups excluding tert-OH is 1. The van der Waals surface area contributed by atoms with Crippen LogP contribution in [0, 0.1) is 11.8 Å². The summed E-state index contributed by atoms with van der Waals surface area (Å²) in [6.07, 6.45) is 3.75. The zero-order valence-electron chi connectivity index (χ0n) is 23.2. The Balaban J connectivity index is 6.12. The third kappa shape index (κ3) is 8.51. The molecule has 0 amide bonds. The van der Waals surface area contributed by atoms with Gasteiger partial charge in [-0.2, -0.15) is 0 Å². The molecule has 0 aliphatic carbocycles. The molecule has 5 atom stereocenters. The van der Waals surface area contributed by atoms with Crippen molar-refractivity contribution in [1.29, 1.82) is 0 Å². The third-order valence-electron chi connectivity index (χ3n) is 7.67. The van der Waals surface area contributed by atoms with Gasteiger partial charge < -0.3 is 18.7 Å². The van der Waals surface area contributed by atoms with Crippen molar-refractivity contribution in [1.82, 2.24) is 0 Å². The van der Waals surface area contributed by atoms with Crippen LogP contribution >= 0.6 is 0 Å². The fourth-order valence-electron chi connectivity index (χ4n) is 3.98. The van der Waals surface area contributed by atoms with E-state index in [1.807, 2.05) is 6.08 Å². The largest absolute Gasteiger partial charge is 0.410 e. The van der Waals surface area contributed by atoms with Gasteiger partial charge >= 0.3 is 0 Å². The smallest absolute Gasteiger partial charge is 0.192 e. The molecule has 6 heteroatoms. The van der Waals surface area contributed by atoms with Gasteiger partial charge in [0.05, 0.1) is 12.2 Å². The van der Waals surface area contributed by atoms with Crippen LogP contribution < -0.4 is 0 Å². The molecule has 0 spiro atoms. The molecular formula is C26H54O4Si2. The van der Waals surface area contributed by atoms with Crippen LogP contribution in [0.2, 0.25) is 36.3 Å². The van der Waals surface area contributed by atoms with Gasteiger partial charge in [0, 0.05) is 25.6 Å². The van der Waals surface area contributed by atoms with Crippen LogP contribution in [0.1, 0.15) is 62.3 Å². The second kappa shape index (κ2) is 13.6. The fourth-order valence-corrected chi connectivity index (χ4v) is 8.32. The minimum absolute atomic E-state index is 0.0485. The first-order valence-corrected chi connectivity index (χ1v) is 17.9. The highest BCUT2D eigenvalue weighted by Gasteiger charge is 2.42. The summed E-state index contributed by atoms with van der Waals surface area (Å²) in [6.45, 7) is 28.6. The van der Waals surface area contributed by atoms with Crippen molar-refractivity contribution in [2.24, 2.45) is 11.8 Å². The molecule has 0 aromatic heterocycles. The monoisotopic (exact) mass is 486 g/mol. The number of ether oxygens (including phenoxy) is 1. The molecule has 32 heavy (non-hydrogen) atoms. The fraction of sp³-hybridized carbons (Fsp3) is 0.846. The van der Waals surface area contributed by atoms with Crippen LogP contribution in [0.5, 0.6) is 0 Å². The number of aliphatic hydroxyl groups is 1. The zero-order valence-corrected chi connectivity index (χ0v) is 25.2. The Morgan fingerprint density at radius 3 is 1.88 bits per heavy atom. The first kappa shape index (κ1) is 31.8. The van der Waals surface area contributed by atoms with E-state index in [2.05, 4.69) is 88.1 Å². The molecule has 190 valence electrons. The summed E-state index contributed by atoms with van der Waals surface area (Å²) in [4.78, 5) is 0. The number of hydrogen-bond donors (Lipinski definition) is 1. The van der Waals surface area contributed by atoms with E-state index in [9.17, 15) is 5.11 Å². The van der Waals surface area contributed by atoms with Crippen molar-refractivity contribution in [3.8, 4) is 0 Å². The molecule has 0 radical (unpaired) electrons. The van der Waals surface area contributed by atoms with E-state index in [0.29, 0.717) is 0 Å². The molecule has 0 saturated carbocycles. The number of methoxy groups -OCH3 is 1. The number of hydrogen-bond acceptors (Lipinski definition) is 4. The topological polar surface area (TPSA) is 47.9 Å². The van der Waals surface area contributed by atoms with Crippen LogP contribution in [-0.4, -0.2) is 53.8 Å². The lowest BCUT2D eigenvalue weighted by atomic mass is 9.92. The minimum atomic E-state index is -2.01. The van der Waals surface area contributed by atoms with E-state index >= 15 is 0 Å². The molecular weight excluding hydrogens is 432 g/mol. The van der Waals surface area contributed by atoms with Gasteiger partial charge in [0.2, 0.25) is 0 Å². The summed E-state index contributed by atoms with van der Waals surface area (Å²) in [6, 6.07) is 3.28. The van der Waals surface area contributed by atoms with Gasteiger partial charge in [0.1, 0.15) is 6.10 Å². The van der Waals surface area contributed by atoms with Gasteiger partial charge in [-0.05, 0) is 48.8 Å². The molecule has 0 aromatic rings. The van der Waals surface area contributed by atoms with Gasteiger partial charge in [0.25, 0.3) is 0 Å². The standard InChI is InChI=1S/C26H54O4Si2/c1-14-23(28-11)25(29-31(12,13)26(8,9)10)21(6)18-20(5)24(22(7)19-27)30-32(15-2,16-3)17-4/h14,18,21-25,27H,1,15-17,19H2,2-13H3/b20-18-/t21?,22?,23-,24-,25-/m0/s1. The van der Waals surface area contributed by atoms with Crippen molar-refractivity contribution in [2.45, 2.75) is 117 Å². The van der Waals surface area contributed by atoms with E-state index < -0.39 is 16.6 Å². The maximum Gasteiger partial charge on any atom is 0.192 e. The predicted molar refractivity (Wildman–Crippen MR) is 144 cm³/mol. The average molecular weight is 487 g/mol. The van der Waals surface area contributed by atoms with Crippen molar-refractivity contribution in [3.63, 3.8) is 0 Å². The van der Waals surface area contributed by atoms with E-state index in [0.717, 1.165) is 18.1 Å². The Hall–Kier alpha value is -0.246. The normalized spacial score (nSPS) is 18.7. The first-order chi connectivity index (χ1) is 14.7. The summed E-state index contributed by atoms with van der Waals surface area (Å²) in [5.41, 5.74) is 1.18. The van der Waals surface area contributed by atoms with Crippen LogP contribution in [0.3, 0.4) is 0 Å². The van der Waals surface area contributed by atoms with E-state index in [-0.39, 0.29) is 41.8 Å². The van der Waals surface area contributed by atoms with E-state index in [1.165, 1.54) is 5.57 Å². The molecule has 0 heterocycles. The Morgan fingerprint density at radius 2 is 1.53 bits per heavy atom. The van der Waals surface area contributed by atoms with Crippen molar-refractivity contribution in [2.75, 3.05) is 13.7 Å². The lowest BCUT2D eigenvalue weighted by molar-refractivity contribution is 0.00560. The van der Waals surface area contributed by atoms with Crippen LogP contribution in [-0.2, 0) is 13.6 Å². The summed E-state index contributed by atoms with van der Waals surface area (Å²) in [7, 11) is -2.10. The van der Waals surface area contributed by atoms with Gasteiger partial charge in [-0.25, -0.2) is 0 Å². The van der Waals surface area contributed by atoms with Crippen molar-refractivity contribution >= 4 is 16.6 Å².